The highest BCUT2D eigenvalue weighted by Crippen LogP contribution is 2.52. The van der Waals surface area contributed by atoms with Gasteiger partial charge in [-0.1, -0.05) is 84.0 Å². The van der Waals surface area contributed by atoms with E-state index < -0.39 is 23.8 Å². The fourth-order valence-electron chi connectivity index (χ4n) is 5.25. The van der Waals surface area contributed by atoms with Crippen molar-refractivity contribution in [2.75, 3.05) is 14.2 Å². The molecule has 0 aromatic heterocycles. The van der Waals surface area contributed by atoms with Crippen molar-refractivity contribution in [2.45, 2.75) is 64.2 Å². The van der Waals surface area contributed by atoms with Gasteiger partial charge in [0.15, 0.2) is 11.5 Å². The molecule has 2 atom stereocenters. The normalized spacial score (nSPS) is 17.4. The van der Waals surface area contributed by atoms with Gasteiger partial charge in [0, 0.05) is 11.5 Å². The van der Waals surface area contributed by atoms with Crippen molar-refractivity contribution >= 4 is 11.9 Å². The lowest BCUT2D eigenvalue weighted by molar-refractivity contribution is -0.137. The van der Waals surface area contributed by atoms with Gasteiger partial charge < -0.3 is 19.3 Å². The molecule has 1 aliphatic heterocycles. The number of para-hydroxylation sites is 1. The molecule has 0 amide bonds. The molecule has 1 aliphatic rings. The number of fused-ring (bicyclic) bond motifs is 1. The van der Waals surface area contributed by atoms with Gasteiger partial charge in [0.05, 0.1) is 25.7 Å². The summed E-state index contributed by atoms with van der Waals surface area (Å²) in [7, 11) is 2.86. The first-order chi connectivity index (χ1) is 17.8. The number of esters is 2. The SMILES string of the molecule is COC(=O)c1ccccc1C1C(=O)Oc2c(OC)cccc2C1c1cc(C(C)(C)C)c(O)c(C(C)(C)C)c1. The number of carbonyl (C=O) groups is 2. The Morgan fingerprint density at radius 2 is 1.42 bits per heavy atom. The number of phenols is 1. The number of hydrogen-bond donors (Lipinski definition) is 1. The number of ether oxygens (including phenoxy) is 3. The third kappa shape index (κ3) is 4.75. The Balaban J connectivity index is 2.10. The lowest BCUT2D eigenvalue weighted by Crippen LogP contribution is -2.32. The maximum absolute atomic E-state index is 13.8. The van der Waals surface area contributed by atoms with Crippen molar-refractivity contribution in [3.8, 4) is 17.2 Å². The summed E-state index contributed by atoms with van der Waals surface area (Å²) >= 11 is 0. The Labute approximate surface area is 224 Å². The molecule has 0 saturated heterocycles. The summed E-state index contributed by atoms with van der Waals surface area (Å²) in [5.41, 5.74) is 3.25. The third-order valence-corrected chi connectivity index (χ3v) is 7.16. The van der Waals surface area contributed by atoms with Crippen LogP contribution in [0.5, 0.6) is 17.2 Å². The average Bonchev–Trinajstić information content (AvgIpc) is 2.86. The van der Waals surface area contributed by atoms with Crippen LogP contribution in [0.2, 0.25) is 0 Å². The van der Waals surface area contributed by atoms with Crippen LogP contribution in [0.25, 0.3) is 0 Å². The summed E-state index contributed by atoms with van der Waals surface area (Å²) in [6, 6.07) is 16.5. The second-order valence-electron chi connectivity index (χ2n) is 11.8. The first-order valence-electron chi connectivity index (χ1n) is 12.7. The lowest BCUT2D eigenvalue weighted by atomic mass is 9.71. The summed E-state index contributed by atoms with van der Waals surface area (Å²) in [5, 5.41) is 11.4. The molecule has 6 nitrogen and oxygen atoms in total. The number of aromatic hydroxyl groups is 1. The number of benzene rings is 3. The molecule has 3 aromatic carbocycles. The van der Waals surface area contributed by atoms with Gasteiger partial charge in [-0.05, 0) is 45.2 Å². The molecule has 4 rings (SSSR count). The Hall–Kier alpha value is -3.80. The van der Waals surface area contributed by atoms with Gasteiger partial charge in [-0.15, -0.1) is 0 Å². The summed E-state index contributed by atoms with van der Waals surface area (Å²) in [6.45, 7) is 12.3. The highest BCUT2D eigenvalue weighted by atomic mass is 16.6. The number of rotatable bonds is 4. The van der Waals surface area contributed by atoms with Crippen LogP contribution in [0.1, 0.15) is 91.6 Å². The van der Waals surface area contributed by atoms with Gasteiger partial charge in [-0.25, -0.2) is 4.79 Å². The first kappa shape index (κ1) is 27.2. The first-order valence-corrected chi connectivity index (χ1v) is 12.7. The second-order valence-corrected chi connectivity index (χ2v) is 11.8. The average molecular weight is 517 g/mol. The minimum atomic E-state index is -0.838. The quantitative estimate of drug-likeness (QED) is 0.310. The van der Waals surface area contributed by atoms with Crippen LogP contribution in [-0.4, -0.2) is 31.3 Å². The smallest absolute Gasteiger partial charge is 0.338 e. The second kappa shape index (κ2) is 9.82. The molecular weight excluding hydrogens is 480 g/mol. The van der Waals surface area contributed by atoms with Crippen LogP contribution in [0.15, 0.2) is 54.6 Å². The van der Waals surface area contributed by atoms with Crippen LogP contribution in [0, 0.1) is 0 Å². The Morgan fingerprint density at radius 1 is 0.842 bits per heavy atom. The third-order valence-electron chi connectivity index (χ3n) is 7.16. The van der Waals surface area contributed by atoms with E-state index >= 15 is 0 Å². The van der Waals surface area contributed by atoms with Gasteiger partial charge in [-0.2, -0.15) is 0 Å². The van der Waals surface area contributed by atoms with E-state index in [4.69, 9.17) is 14.2 Å². The molecule has 6 heteroatoms. The molecule has 0 bridgehead atoms. The molecule has 0 radical (unpaired) electrons. The van der Waals surface area contributed by atoms with Crippen LogP contribution in [0.3, 0.4) is 0 Å². The largest absolute Gasteiger partial charge is 0.507 e. The summed E-state index contributed by atoms with van der Waals surface area (Å²) in [5.74, 6) is -1.31. The number of phenolic OH excluding ortho intramolecular Hbond substituents is 1. The molecule has 38 heavy (non-hydrogen) atoms. The highest BCUT2D eigenvalue weighted by Gasteiger charge is 2.43. The Bertz CT molecular complexity index is 1350. The van der Waals surface area contributed by atoms with Gasteiger partial charge in [-0.3, -0.25) is 4.79 Å². The fraction of sp³-hybridized carbons (Fsp3) is 0.375. The standard InChI is InChI=1S/C32H36O6/c1-31(2,3)22-16-18(17-23(27(22)33)32(4,5)6)25-21-14-11-15-24(36-7)28(21)38-30(35)26(25)19-12-9-10-13-20(19)29(34)37-8/h9-17,25-26,33H,1-8H3. The topological polar surface area (TPSA) is 82.1 Å². The van der Waals surface area contributed by atoms with E-state index in [9.17, 15) is 14.7 Å². The fourth-order valence-corrected chi connectivity index (χ4v) is 5.25. The predicted molar refractivity (Wildman–Crippen MR) is 147 cm³/mol. The molecule has 0 spiro atoms. The Kier molecular flexibility index (Phi) is 7.04. The molecular formula is C32H36O6. The molecule has 200 valence electrons. The maximum Gasteiger partial charge on any atom is 0.338 e. The van der Waals surface area contributed by atoms with Crippen LogP contribution >= 0.6 is 0 Å². The van der Waals surface area contributed by atoms with E-state index in [2.05, 4.69) is 41.5 Å². The monoisotopic (exact) mass is 516 g/mol. The predicted octanol–water partition coefficient (Wildman–Crippen LogP) is 6.62. The number of hydrogen-bond acceptors (Lipinski definition) is 6. The van der Waals surface area contributed by atoms with Crippen LogP contribution in [-0.2, 0) is 20.4 Å². The van der Waals surface area contributed by atoms with E-state index in [1.807, 2.05) is 24.3 Å². The summed E-state index contributed by atoms with van der Waals surface area (Å²) in [6.07, 6.45) is 0. The maximum atomic E-state index is 13.8. The zero-order valence-corrected chi connectivity index (χ0v) is 23.3. The van der Waals surface area contributed by atoms with Crippen molar-refractivity contribution in [1.82, 2.24) is 0 Å². The van der Waals surface area contributed by atoms with E-state index in [1.165, 1.54) is 14.2 Å². The zero-order chi connectivity index (χ0) is 28.0. The molecule has 2 unspecified atom stereocenters. The molecule has 3 aromatic rings. The van der Waals surface area contributed by atoms with Crippen LogP contribution in [0.4, 0.5) is 0 Å². The molecule has 1 N–H and O–H groups in total. The van der Waals surface area contributed by atoms with Crippen molar-refractivity contribution in [2.24, 2.45) is 0 Å². The number of carbonyl (C=O) groups excluding carboxylic acids is 2. The van der Waals surface area contributed by atoms with Gasteiger partial charge in [0.2, 0.25) is 0 Å². The van der Waals surface area contributed by atoms with Crippen molar-refractivity contribution in [3.63, 3.8) is 0 Å². The number of methoxy groups -OCH3 is 2. The van der Waals surface area contributed by atoms with Gasteiger partial charge in [0.25, 0.3) is 0 Å². The van der Waals surface area contributed by atoms with Crippen LogP contribution < -0.4 is 9.47 Å². The van der Waals surface area contributed by atoms with Crippen molar-refractivity contribution in [1.29, 1.82) is 0 Å². The molecule has 0 saturated carbocycles. The van der Waals surface area contributed by atoms with Gasteiger partial charge in [0.1, 0.15) is 5.75 Å². The summed E-state index contributed by atoms with van der Waals surface area (Å²) in [4.78, 5) is 26.6. The minimum absolute atomic E-state index is 0.254. The summed E-state index contributed by atoms with van der Waals surface area (Å²) < 4.78 is 16.5. The highest BCUT2D eigenvalue weighted by molar-refractivity contribution is 5.95. The molecule has 1 heterocycles. The van der Waals surface area contributed by atoms with E-state index in [-0.39, 0.29) is 16.6 Å². The lowest BCUT2D eigenvalue weighted by Gasteiger charge is -2.36. The molecule has 0 fully saturated rings. The molecule has 0 aliphatic carbocycles. The van der Waals surface area contributed by atoms with E-state index in [0.29, 0.717) is 22.6 Å². The minimum Gasteiger partial charge on any atom is -0.507 e. The van der Waals surface area contributed by atoms with Crippen molar-refractivity contribution < 1.29 is 28.9 Å². The Morgan fingerprint density at radius 3 is 1.97 bits per heavy atom. The zero-order valence-electron chi connectivity index (χ0n) is 23.3. The van der Waals surface area contributed by atoms with E-state index in [0.717, 1.165) is 22.3 Å². The van der Waals surface area contributed by atoms with Gasteiger partial charge >= 0.3 is 11.9 Å². The van der Waals surface area contributed by atoms with E-state index in [1.54, 1.807) is 30.3 Å². The van der Waals surface area contributed by atoms with Crippen molar-refractivity contribution in [3.05, 3.63) is 88.0 Å².